The third kappa shape index (κ3) is 6.55. The maximum atomic E-state index is 12.0. The quantitative estimate of drug-likeness (QED) is 0.727. The Kier molecular flexibility index (Phi) is 7.30. The largest absolute Gasteiger partial charge is 0.481 e. The third-order valence-corrected chi connectivity index (χ3v) is 4.40. The highest BCUT2D eigenvalue weighted by Crippen LogP contribution is 2.18. The first-order chi connectivity index (χ1) is 11.1. The first-order valence-electron chi connectivity index (χ1n) is 7.47. The highest BCUT2D eigenvalue weighted by molar-refractivity contribution is 7.98. The summed E-state index contributed by atoms with van der Waals surface area (Å²) in [6.07, 6.45) is -0.549. The summed E-state index contributed by atoms with van der Waals surface area (Å²) in [5.74, 6) is 2.29. The number of amides is 1. The van der Waals surface area contributed by atoms with Crippen LogP contribution >= 0.6 is 23.4 Å². The van der Waals surface area contributed by atoms with Gasteiger partial charge in [-0.3, -0.25) is 4.79 Å². The molecule has 5 heteroatoms. The second-order valence-electron chi connectivity index (χ2n) is 5.05. The van der Waals surface area contributed by atoms with Crippen LogP contribution in [0.1, 0.15) is 12.5 Å². The highest BCUT2D eigenvalue weighted by atomic mass is 35.5. The van der Waals surface area contributed by atoms with Gasteiger partial charge in [0, 0.05) is 23.1 Å². The molecule has 23 heavy (non-hydrogen) atoms. The van der Waals surface area contributed by atoms with Crippen LogP contribution in [0.4, 0.5) is 0 Å². The molecule has 2 aromatic carbocycles. The number of carbonyl (C=O) groups excluding carboxylic acids is 1. The summed E-state index contributed by atoms with van der Waals surface area (Å²) in [7, 11) is 0. The molecule has 2 rings (SSSR count). The molecule has 0 aliphatic heterocycles. The topological polar surface area (TPSA) is 38.3 Å². The third-order valence-electron chi connectivity index (χ3n) is 3.14. The molecule has 0 radical (unpaired) electrons. The van der Waals surface area contributed by atoms with Crippen molar-refractivity contribution >= 4 is 29.3 Å². The maximum Gasteiger partial charge on any atom is 0.260 e. The monoisotopic (exact) mass is 349 g/mol. The Bertz CT molecular complexity index is 621. The van der Waals surface area contributed by atoms with Gasteiger partial charge >= 0.3 is 0 Å². The van der Waals surface area contributed by atoms with Gasteiger partial charge in [0.2, 0.25) is 0 Å². The van der Waals surface area contributed by atoms with Gasteiger partial charge in [-0.05, 0) is 30.7 Å². The van der Waals surface area contributed by atoms with E-state index < -0.39 is 6.10 Å². The van der Waals surface area contributed by atoms with Gasteiger partial charge in [-0.1, -0.05) is 48.0 Å². The maximum absolute atomic E-state index is 12.0. The van der Waals surface area contributed by atoms with Gasteiger partial charge in [-0.25, -0.2) is 0 Å². The Hall–Kier alpha value is -1.65. The zero-order valence-electron chi connectivity index (χ0n) is 13.0. The second-order valence-corrected chi connectivity index (χ2v) is 6.59. The van der Waals surface area contributed by atoms with E-state index >= 15 is 0 Å². The number of benzene rings is 2. The first-order valence-corrected chi connectivity index (χ1v) is 9.00. The van der Waals surface area contributed by atoms with E-state index in [-0.39, 0.29) is 5.91 Å². The van der Waals surface area contributed by atoms with Crippen LogP contribution in [0.5, 0.6) is 5.75 Å². The number of nitrogens with one attached hydrogen (secondary N) is 1. The van der Waals surface area contributed by atoms with Crippen molar-refractivity contribution in [1.29, 1.82) is 0 Å². The molecule has 0 bridgehead atoms. The molecule has 0 aliphatic carbocycles. The number of hydrogen-bond acceptors (Lipinski definition) is 3. The van der Waals surface area contributed by atoms with Crippen LogP contribution in [0.15, 0.2) is 54.6 Å². The molecule has 0 aromatic heterocycles. The van der Waals surface area contributed by atoms with Crippen LogP contribution in [0.3, 0.4) is 0 Å². The summed E-state index contributed by atoms with van der Waals surface area (Å²) in [6.45, 7) is 2.35. The van der Waals surface area contributed by atoms with E-state index in [0.29, 0.717) is 17.3 Å². The fraction of sp³-hybridized carbons (Fsp3) is 0.278. The molecule has 0 saturated heterocycles. The number of halogens is 1. The summed E-state index contributed by atoms with van der Waals surface area (Å²) in [6, 6.07) is 17.3. The molecule has 2 aromatic rings. The zero-order valence-corrected chi connectivity index (χ0v) is 14.6. The SMILES string of the molecule is C[C@@H](Oc1cccc(Cl)c1)C(=O)NCCSCc1ccccc1. The van der Waals surface area contributed by atoms with E-state index in [9.17, 15) is 4.79 Å². The lowest BCUT2D eigenvalue weighted by atomic mass is 10.2. The first kappa shape index (κ1) is 17.7. The summed E-state index contributed by atoms with van der Waals surface area (Å²) >= 11 is 7.69. The van der Waals surface area contributed by atoms with E-state index in [2.05, 4.69) is 17.4 Å². The van der Waals surface area contributed by atoms with Crippen molar-refractivity contribution in [3.8, 4) is 5.75 Å². The van der Waals surface area contributed by atoms with E-state index in [0.717, 1.165) is 11.5 Å². The van der Waals surface area contributed by atoms with Crippen LogP contribution in [-0.4, -0.2) is 24.3 Å². The Balaban J connectivity index is 1.64. The molecule has 0 saturated carbocycles. The minimum absolute atomic E-state index is 0.120. The molecule has 1 amide bonds. The van der Waals surface area contributed by atoms with Crippen LogP contribution in [0.25, 0.3) is 0 Å². The van der Waals surface area contributed by atoms with Gasteiger partial charge in [0.25, 0.3) is 5.91 Å². The summed E-state index contributed by atoms with van der Waals surface area (Å²) in [4.78, 5) is 12.0. The summed E-state index contributed by atoms with van der Waals surface area (Å²) in [5.41, 5.74) is 1.29. The lowest BCUT2D eigenvalue weighted by molar-refractivity contribution is -0.127. The summed E-state index contributed by atoms with van der Waals surface area (Å²) in [5, 5.41) is 3.48. The fourth-order valence-electron chi connectivity index (χ4n) is 1.95. The zero-order chi connectivity index (χ0) is 16.5. The van der Waals surface area contributed by atoms with Crippen molar-refractivity contribution in [2.75, 3.05) is 12.3 Å². The van der Waals surface area contributed by atoms with Crippen molar-refractivity contribution in [2.45, 2.75) is 18.8 Å². The van der Waals surface area contributed by atoms with Crippen molar-refractivity contribution < 1.29 is 9.53 Å². The minimum atomic E-state index is -0.549. The van der Waals surface area contributed by atoms with E-state index in [4.69, 9.17) is 16.3 Å². The predicted molar refractivity (Wildman–Crippen MR) is 97.2 cm³/mol. The smallest absolute Gasteiger partial charge is 0.260 e. The van der Waals surface area contributed by atoms with Crippen molar-refractivity contribution in [2.24, 2.45) is 0 Å². The average molecular weight is 350 g/mol. The van der Waals surface area contributed by atoms with Crippen molar-refractivity contribution in [3.05, 3.63) is 65.2 Å². The number of carbonyl (C=O) groups is 1. The molecular formula is C18H20ClNO2S. The lowest BCUT2D eigenvalue weighted by Crippen LogP contribution is -2.37. The molecule has 122 valence electrons. The molecular weight excluding hydrogens is 330 g/mol. The number of thioether (sulfide) groups is 1. The number of rotatable bonds is 8. The Morgan fingerprint density at radius 3 is 2.74 bits per heavy atom. The standard InChI is InChI=1S/C18H20ClNO2S/c1-14(22-17-9-5-8-16(19)12-17)18(21)20-10-11-23-13-15-6-3-2-4-7-15/h2-9,12,14H,10-11,13H2,1H3,(H,20,21)/t14-/m1/s1. The van der Waals surface area contributed by atoms with Crippen LogP contribution in [0.2, 0.25) is 5.02 Å². The van der Waals surface area contributed by atoms with Gasteiger partial charge in [0.05, 0.1) is 0 Å². The molecule has 1 N–H and O–H groups in total. The Morgan fingerprint density at radius 2 is 2.00 bits per heavy atom. The van der Waals surface area contributed by atoms with E-state index in [1.807, 2.05) is 18.2 Å². The number of ether oxygens (including phenoxy) is 1. The van der Waals surface area contributed by atoms with Crippen molar-refractivity contribution in [3.63, 3.8) is 0 Å². The second kappa shape index (κ2) is 9.48. The Labute approximate surface area is 146 Å². The van der Waals surface area contributed by atoms with Gasteiger partial charge < -0.3 is 10.1 Å². The molecule has 0 heterocycles. The molecule has 3 nitrogen and oxygen atoms in total. The normalized spacial score (nSPS) is 11.7. The minimum Gasteiger partial charge on any atom is -0.481 e. The van der Waals surface area contributed by atoms with E-state index in [1.54, 1.807) is 43.0 Å². The fourth-order valence-corrected chi connectivity index (χ4v) is 2.95. The predicted octanol–water partition coefficient (Wildman–Crippen LogP) is 4.16. The van der Waals surface area contributed by atoms with E-state index in [1.165, 1.54) is 5.56 Å². The van der Waals surface area contributed by atoms with Crippen LogP contribution in [-0.2, 0) is 10.5 Å². The molecule has 0 fully saturated rings. The van der Waals surface area contributed by atoms with Gasteiger partial charge in [-0.2, -0.15) is 11.8 Å². The van der Waals surface area contributed by atoms with Gasteiger partial charge in [0.1, 0.15) is 5.75 Å². The molecule has 0 unspecified atom stereocenters. The van der Waals surface area contributed by atoms with Crippen molar-refractivity contribution in [1.82, 2.24) is 5.32 Å². The molecule has 0 spiro atoms. The summed E-state index contributed by atoms with van der Waals surface area (Å²) < 4.78 is 5.58. The highest BCUT2D eigenvalue weighted by Gasteiger charge is 2.13. The Morgan fingerprint density at radius 1 is 1.22 bits per heavy atom. The lowest BCUT2D eigenvalue weighted by Gasteiger charge is -2.14. The molecule has 0 aliphatic rings. The number of hydrogen-bond donors (Lipinski definition) is 1. The van der Waals surface area contributed by atoms with Gasteiger partial charge in [0.15, 0.2) is 6.10 Å². The molecule has 1 atom stereocenters. The van der Waals surface area contributed by atoms with Gasteiger partial charge in [-0.15, -0.1) is 0 Å². The van der Waals surface area contributed by atoms with Crippen LogP contribution < -0.4 is 10.1 Å². The average Bonchev–Trinajstić information content (AvgIpc) is 2.55. The van der Waals surface area contributed by atoms with Crippen LogP contribution in [0, 0.1) is 0 Å².